The number of nitrogens with zero attached hydrogens (tertiary/aromatic N) is 1. The van der Waals surface area contributed by atoms with Crippen LogP contribution in [-0.2, 0) is 4.79 Å². The van der Waals surface area contributed by atoms with E-state index in [-0.39, 0.29) is 5.54 Å². The highest BCUT2D eigenvalue weighted by atomic mass is 16.1. The first kappa shape index (κ1) is 15.4. The van der Waals surface area contributed by atoms with Crippen LogP contribution in [0.15, 0.2) is 0 Å². The highest BCUT2D eigenvalue weighted by Gasteiger charge is 2.57. The van der Waals surface area contributed by atoms with Gasteiger partial charge in [-0.15, -0.1) is 0 Å². The average Bonchev–Trinajstić information content (AvgIpc) is 2.76. The maximum atomic E-state index is 11.6. The van der Waals surface area contributed by atoms with E-state index in [1.807, 2.05) is 0 Å². The lowest BCUT2D eigenvalue weighted by Gasteiger charge is -2.59. The normalized spacial score (nSPS) is 49.6. The number of fused-ring (bicyclic) bond motifs is 3. The van der Waals surface area contributed by atoms with Crippen LogP contribution in [0.2, 0.25) is 0 Å². The number of rotatable bonds is 3. The second kappa shape index (κ2) is 5.28. The van der Waals surface area contributed by atoms with Gasteiger partial charge >= 0.3 is 0 Å². The summed E-state index contributed by atoms with van der Waals surface area (Å²) in [6.45, 7) is 10.7. The molecule has 0 bridgehead atoms. The van der Waals surface area contributed by atoms with Crippen LogP contribution in [-0.4, -0.2) is 23.4 Å². The molecule has 1 heterocycles. The first-order chi connectivity index (χ1) is 9.97. The smallest absolute Gasteiger partial charge is 0.210 e. The second-order valence-electron chi connectivity index (χ2n) is 8.59. The third-order valence-corrected chi connectivity index (χ3v) is 7.95. The summed E-state index contributed by atoms with van der Waals surface area (Å²) in [5, 5.41) is 0. The number of carbonyl (C=O) groups excluding carboxylic acids is 1. The molecule has 6 atom stereocenters. The molecule has 120 valence electrons. The van der Waals surface area contributed by atoms with Gasteiger partial charge in [0, 0.05) is 12.1 Å². The van der Waals surface area contributed by atoms with E-state index in [0.717, 1.165) is 36.6 Å². The van der Waals surface area contributed by atoms with Gasteiger partial charge in [-0.25, -0.2) is 0 Å². The summed E-state index contributed by atoms with van der Waals surface area (Å²) in [7, 11) is 0. The van der Waals surface area contributed by atoms with Crippen LogP contribution < -0.4 is 0 Å². The van der Waals surface area contributed by atoms with Gasteiger partial charge in [-0.05, 0) is 74.5 Å². The van der Waals surface area contributed by atoms with Crippen LogP contribution in [0.1, 0.15) is 72.6 Å². The highest BCUT2D eigenvalue weighted by molar-refractivity contribution is 5.49. The molecule has 0 spiro atoms. The number of amides is 1. The Labute approximate surface area is 130 Å². The minimum Gasteiger partial charge on any atom is -0.340 e. The van der Waals surface area contributed by atoms with Crippen LogP contribution in [0.5, 0.6) is 0 Å². The summed E-state index contributed by atoms with van der Waals surface area (Å²) in [5.41, 5.74) is 0.699. The van der Waals surface area contributed by atoms with E-state index >= 15 is 0 Å². The van der Waals surface area contributed by atoms with Crippen molar-refractivity contribution in [3.63, 3.8) is 0 Å². The molecule has 2 heteroatoms. The van der Waals surface area contributed by atoms with E-state index in [9.17, 15) is 4.79 Å². The zero-order valence-electron chi connectivity index (χ0n) is 14.4. The molecule has 0 aromatic rings. The molecule has 3 rings (SSSR count). The van der Waals surface area contributed by atoms with Gasteiger partial charge < -0.3 is 4.90 Å². The molecule has 1 aliphatic heterocycles. The van der Waals surface area contributed by atoms with Gasteiger partial charge in [-0.2, -0.15) is 0 Å². The van der Waals surface area contributed by atoms with Crippen LogP contribution in [0.4, 0.5) is 0 Å². The average molecular weight is 291 g/mol. The van der Waals surface area contributed by atoms with Crippen molar-refractivity contribution >= 4 is 6.41 Å². The molecule has 3 fully saturated rings. The standard InChI is InChI=1S/C19H33NO/c1-5-10-19(4)17-8-11-18(3)14(2)6-7-16(18)15(17)9-12-20(19)13-21/h13-17H,5-12H2,1-4H3. The summed E-state index contributed by atoms with van der Waals surface area (Å²) in [4.78, 5) is 13.7. The largest absolute Gasteiger partial charge is 0.340 e. The Morgan fingerprint density at radius 3 is 2.57 bits per heavy atom. The maximum absolute atomic E-state index is 11.6. The number of likely N-dealkylation sites (tertiary alicyclic amines) is 1. The SMILES string of the molecule is CCCC1(C)C2CCC3(C)C(C)CCC3C2CCN1C=O. The molecule has 6 unspecified atom stereocenters. The second-order valence-corrected chi connectivity index (χ2v) is 8.59. The fraction of sp³-hybridized carbons (Fsp3) is 0.947. The minimum absolute atomic E-state index is 0.118. The Balaban J connectivity index is 1.90. The lowest BCUT2D eigenvalue weighted by Crippen LogP contribution is -2.61. The van der Waals surface area contributed by atoms with Gasteiger partial charge in [-0.3, -0.25) is 4.79 Å². The molecular formula is C19H33NO. The van der Waals surface area contributed by atoms with Gasteiger partial charge in [0.25, 0.3) is 0 Å². The molecular weight excluding hydrogens is 258 g/mol. The van der Waals surface area contributed by atoms with Crippen LogP contribution >= 0.6 is 0 Å². The monoisotopic (exact) mass is 291 g/mol. The first-order valence-electron chi connectivity index (χ1n) is 9.19. The van der Waals surface area contributed by atoms with Crippen LogP contribution in [0.25, 0.3) is 0 Å². The van der Waals surface area contributed by atoms with Crippen molar-refractivity contribution in [2.75, 3.05) is 6.54 Å². The Hall–Kier alpha value is -0.530. The molecule has 0 aromatic carbocycles. The molecule has 2 nitrogen and oxygen atoms in total. The van der Waals surface area contributed by atoms with Crippen molar-refractivity contribution in [1.29, 1.82) is 0 Å². The van der Waals surface area contributed by atoms with E-state index in [1.54, 1.807) is 0 Å². The molecule has 1 saturated heterocycles. The van der Waals surface area contributed by atoms with Gasteiger partial charge in [0.15, 0.2) is 0 Å². The fourth-order valence-corrected chi connectivity index (χ4v) is 6.49. The highest BCUT2D eigenvalue weighted by Crippen LogP contribution is 2.62. The predicted octanol–water partition coefficient (Wildman–Crippen LogP) is 4.49. The molecule has 0 aromatic heterocycles. The van der Waals surface area contributed by atoms with Crippen molar-refractivity contribution in [3.8, 4) is 0 Å². The molecule has 21 heavy (non-hydrogen) atoms. The van der Waals surface area contributed by atoms with Crippen molar-refractivity contribution in [3.05, 3.63) is 0 Å². The fourth-order valence-electron chi connectivity index (χ4n) is 6.49. The molecule has 0 radical (unpaired) electrons. The van der Waals surface area contributed by atoms with Crippen molar-refractivity contribution in [1.82, 2.24) is 4.90 Å². The lowest BCUT2D eigenvalue weighted by atomic mass is 9.52. The number of hydrogen-bond acceptors (Lipinski definition) is 1. The summed E-state index contributed by atoms with van der Waals surface area (Å²) in [6.07, 6.45) is 10.3. The maximum Gasteiger partial charge on any atom is 0.210 e. The van der Waals surface area contributed by atoms with Gasteiger partial charge in [0.1, 0.15) is 0 Å². The quantitative estimate of drug-likeness (QED) is 0.702. The topological polar surface area (TPSA) is 20.3 Å². The molecule has 0 N–H and O–H groups in total. The number of carbonyl (C=O) groups is 1. The molecule has 2 aliphatic carbocycles. The van der Waals surface area contributed by atoms with Gasteiger partial charge in [-0.1, -0.05) is 27.2 Å². The number of piperidine rings is 1. The van der Waals surface area contributed by atoms with Gasteiger partial charge in [0.05, 0.1) is 0 Å². The first-order valence-corrected chi connectivity index (χ1v) is 9.19. The predicted molar refractivity (Wildman–Crippen MR) is 86.9 cm³/mol. The third kappa shape index (κ3) is 2.08. The van der Waals surface area contributed by atoms with Crippen molar-refractivity contribution < 1.29 is 4.79 Å². The third-order valence-electron chi connectivity index (χ3n) is 7.95. The molecule has 3 aliphatic rings. The van der Waals surface area contributed by atoms with Crippen molar-refractivity contribution in [2.45, 2.75) is 78.2 Å². The van der Waals surface area contributed by atoms with E-state index in [2.05, 4.69) is 32.6 Å². The van der Waals surface area contributed by atoms with E-state index in [0.29, 0.717) is 5.41 Å². The number of hydrogen-bond donors (Lipinski definition) is 0. The zero-order valence-corrected chi connectivity index (χ0v) is 14.4. The summed E-state index contributed by atoms with van der Waals surface area (Å²) in [6, 6.07) is 0. The van der Waals surface area contributed by atoms with E-state index in [1.165, 1.54) is 44.9 Å². The van der Waals surface area contributed by atoms with Gasteiger partial charge in [0.2, 0.25) is 6.41 Å². The Morgan fingerprint density at radius 2 is 1.90 bits per heavy atom. The van der Waals surface area contributed by atoms with Crippen molar-refractivity contribution in [2.24, 2.45) is 29.1 Å². The Bertz CT molecular complexity index is 408. The van der Waals surface area contributed by atoms with Crippen LogP contribution in [0.3, 0.4) is 0 Å². The zero-order chi connectivity index (χ0) is 15.3. The lowest BCUT2D eigenvalue weighted by molar-refractivity contribution is -0.141. The molecule has 2 saturated carbocycles. The minimum atomic E-state index is 0.118. The summed E-state index contributed by atoms with van der Waals surface area (Å²) >= 11 is 0. The Kier molecular flexibility index (Phi) is 3.86. The van der Waals surface area contributed by atoms with E-state index in [4.69, 9.17) is 0 Å². The Morgan fingerprint density at radius 1 is 1.14 bits per heavy atom. The van der Waals surface area contributed by atoms with E-state index < -0.39 is 0 Å². The summed E-state index contributed by atoms with van der Waals surface area (Å²) in [5.74, 6) is 3.41. The molecule has 1 amide bonds. The van der Waals surface area contributed by atoms with Crippen LogP contribution in [0, 0.1) is 29.1 Å². The summed E-state index contributed by atoms with van der Waals surface area (Å²) < 4.78 is 0.